The standard InChI is InChI=1S/C19H26N4OS/c1-5-12(2)15-8-6-7-9-16(15)20-18(24)13(3)25-19-22-21-17(23(19)4)14-10-11-14/h6-9,12-14H,5,10-11H2,1-4H3,(H,20,24)/t12-,13-/m0/s1. The summed E-state index contributed by atoms with van der Waals surface area (Å²) in [6.45, 7) is 6.26. The molecule has 1 aromatic carbocycles. The lowest BCUT2D eigenvalue weighted by Gasteiger charge is -2.17. The van der Waals surface area contributed by atoms with Crippen LogP contribution in [-0.2, 0) is 11.8 Å². The Balaban J connectivity index is 1.67. The first-order valence-corrected chi connectivity index (χ1v) is 9.85. The first-order chi connectivity index (χ1) is 12.0. The van der Waals surface area contributed by atoms with Crippen LogP contribution >= 0.6 is 11.8 Å². The molecule has 2 aromatic rings. The predicted octanol–water partition coefficient (Wildman–Crippen LogP) is 4.33. The number of carbonyl (C=O) groups excluding carboxylic acids is 1. The number of amides is 1. The van der Waals surface area contributed by atoms with Gasteiger partial charge in [-0.2, -0.15) is 0 Å². The molecule has 5 nitrogen and oxygen atoms in total. The Morgan fingerprint density at radius 3 is 2.72 bits per heavy atom. The zero-order valence-corrected chi connectivity index (χ0v) is 16.1. The Morgan fingerprint density at radius 1 is 1.32 bits per heavy atom. The summed E-state index contributed by atoms with van der Waals surface area (Å²) in [5.41, 5.74) is 2.09. The van der Waals surface area contributed by atoms with Gasteiger partial charge in [0.15, 0.2) is 5.16 Å². The van der Waals surface area contributed by atoms with Gasteiger partial charge in [0.1, 0.15) is 5.82 Å². The minimum atomic E-state index is -0.236. The molecule has 1 saturated carbocycles. The van der Waals surface area contributed by atoms with Crippen molar-refractivity contribution in [3.8, 4) is 0 Å². The molecule has 1 heterocycles. The smallest absolute Gasteiger partial charge is 0.237 e. The average Bonchev–Trinajstić information content (AvgIpc) is 3.39. The number of para-hydroxylation sites is 1. The molecule has 25 heavy (non-hydrogen) atoms. The maximum atomic E-state index is 12.7. The number of hydrogen-bond donors (Lipinski definition) is 1. The van der Waals surface area contributed by atoms with Crippen LogP contribution in [-0.4, -0.2) is 25.9 Å². The van der Waals surface area contributed by atoms with Crippen molar-refractivity contribution in [2.45, 2.75) is 62.3 Å². The second-order valence-corrected chi connectivity index (χ2v) is 8.13. The maximum Gasteiger partial charge on any atom is 0.237 e. The molecule has 1 aliphatic rings. The molecular formula is C19H26N4OS. The Labute approximate surface area is 153 Å². The number of hydrogen-bond acceptors (Lipinski definition) is 4. The maximum absolute atomic E-state index is 12.7. The van der Waals surface area contributed by atoms with Crippen molar-refractivity contribution < 1.29 is 4.79 Å². The lowest BCUT2D eigenvalue weighted by molar-refractivity contribution is -0.115. The van der Waals surface area contributed by atoms with E-state index in [0.717, 1.165) is 23.1 Å². The summed E-state index contributed by atoms with van der Waals surface area (Å²) in [5.74, 6) is 2.01. The van der Waals surface area contributed by atoms with Crippen molar-refractivity contribution in [1.82, 2.24) is 14.8 Å². The quantitative estimate of drug-likeness (QED) is 0.749. The van der Waals surface area contributed by atoms with Gasteiger partial charge in [0, 0.05) is 18.7 Å². The fraction of sp³-hybridized carbons (Fsp3) is 0.526. The largest absolute Gasteiger partial charge is 0.325 e. The van der Waals surface area contributed by atoms with E-state index >= 15 is 0 Å². The number of anilines is 1. The van der Waals surface area contributed by atoms with Gasteiger partial charge in [0.05, 0.1) is 5.25 Å². The molecule has 1 amide bonds. The van der Waals surface area contributed by atoms with Gasteiger partial charge in [0.2, 0.25) is 5.91 Å². The molecule has 0 unspecified atom stereocenters. The van der Waals surface area contributed by atoms with Gasteiger partial charge in [-0.05, 0) is 43.7 Å². The molecule has 1 N–H and O–H groups in total. The van der Waals surface area contributed by atoms with Crippen molar-refractivity contribution >= 4 is 23.4 Å². The first-order valence-electron chi connectivity index (χ1n) is 8.97. The molecule has 0 radical (unpaired) electrons. The van der Waals surface area contributed by atoms with Gasteiger partial charge in [-0.1, -0.05) is 43.8 Å². The number of nitrogens with one attached hydrogen (secondary N) is 1. The molecule has 2 atom stereocenters. The predicted molar refractivity (Wildman–Crippen MR) is 102 cm³/mol. The van der Waals surface area contributed by atoms with Crippen LogP contribution < -0.4 is 5.32 Å². The molecule has 1 aliphatic carbocycles. The molecule has 0 bridgehead atoms. The lowest BCUT2D eigenvalue weighted by atomic mass is 9.97. The molecule has 6 heteroatoms. The Morgan fingerprint density at radius 2 is 2.04 bits per heavy atom. The third-order valence-corrected chi connectivity index (χ3v) is 5.96. The SMILES string of the molecule is CC[C@H](C)c1ccccc1NC(=O)[C@H](C)Sc1nnc(C2CC2)n1C. The Bertz CT molecular complexity index is 754. The topological polar surface area (TPSA) is 59.8 Å². The summed E-state index contributed by atoms with van der Waals surface area (Å²) in [4.78, 5) is 12.7. The Hall–Kier alpha value is -1.82. The normalized spacial score (nSPS) is 16.5. The minimum Gasteiger partial charge on any atom is -0.325 e. The number of benzene rings is 1. The zero-order valence-electron chi connectivity index (χ0n) is 15.3. The third-order valence-electron chi connectivity index (χ3n) is 4.82. The summed E-state index contributed by atoms with van der Waals surface area (Å²) in [5, 5.41) is 12.2. The fourth-order valence-electron chi connectivity index (χ4n) is 2.83. The summed E-state index contributed by atoms with van der Waals surface area (Å²) < 4.78 is 2.03. The van der Waals surface area contributed by atoms with Crippen molar-refractivity contribution in [3.05, 3.63) is 35.7 Å². The van der Waals surface area contributed by atoms with Gasteiger partial charge in [-0.3, -0.25) is 4.79 Å². The second kappa shape index (κ2) is 7.60. The molecule has 0 aliphatic heterocycles. The van der Waals surface area contributed by atoms with Gasteiger partial charge in [-0.25, -0.2) is 0 Å². The molecule has 134 valence electrons. The van der Waals surface area contributed by atoms with E-state index in [-0.39, 0.29) is 11.2 Å². The van der Waals surface area contributed by atoms with E-state index in [0.29, 0.717) is 11.8 Å². The van der Waals surface area contributed by atoms with E-state index in [2.05, 4.69) is 35.4 Å². The lowest BCUT2D eigenvalue weighted by Crippen LogP contribution is -2.23. The fourth-order valence-corrected chi connectivity index (χ4v) is 3.65. The number of carbonyl (C=O) groups is 1. The molecule has 1 fully saturated rings. The summed E-state index contributed by atoms with van der Waals surface area (Å²) in [6, 6.07) is 8.05. The number of nitrogens with zero attached hydrogens (tertiary/aromatic N) is 3. The summed E-state index contributed by atoms with van der Waals surface area (Å²) in [7, 11) is 1.98. The van der Waals surface area contributed by atoms with Crippen LogP contribution in [0.1, 0.15) is 63.3 Å². The minimum absolute atomic E-state index is 0.00303. The first kappa shape index (κ1) is 18.0. The molecule has 1 aromatic heterocycles. The number of thioether (sulfide) groups is 1. The van der Waals surface area contributed by atoms with Gasteiger partial charge in [-0.15, -0.1) is 10.2 Å². The van der Waals surface area contributed by atoms with Crippen molar-refractivity contribution in [2.75, 3.05) is 5.32 Å². The van der Waals surface area contributed by atoms with E-state index in [1.807, 2.05) is 36.7 Å². The highest BCUT2D eigenvalue weighted by Gasteiger charge is 2.30. The molecular weight excluding hydrogens is 332 g/mol. The monoisotopic (exact) mass is 358 g/mol. The molecule has 3 rings (SSSR count). The van der Waals surface area contributed by atoms with E-state index in [9.17, 15) is 4.79 Å². The van der Waals surface area contributed by atoms with E-state index in [4.69, 9.17) is 0 Å². The van der Waals surface area contributed by atoms with Crippen LogP contribution in [0.2, 0.25) is 0 Å². The Kier molecular flexibility index (Phi) is 5.47. The molecule has 0 saturated heterocycles. The van der Waals surface area contributed by atoms with Crippen LogP contribution in [0.15, 0.2) is 29.4 Å². The highest BCUT2D eigenvalue weighted by molar-refractivity contribution is 8.00. The van der Waals surface area contributed by atoms with Crippen molar-refractivity contribution in [1.29, 1.82) is 0 Å². The zero-order chi connectivity index (χ0) is 18.0. The van der Waals surface area contributed by atoms with Crippen molar-refractivity contribution in [3.63, 3.8) is 0 Å². The number of aromatic nitrogens is 3. The van der Waals surface area contributed by atoms with Crippen LogP contribution in [0.3, 0.4) is 0 Å². The summed E-state index contributed by atoms with van der Waals surface area (Å²) >= 11 is 1.46. The van der Waals surface area contributed by atoms with Crippen LogP contribution in [0, 0.1) is 0 Å². The van der Waals surface area contributed by atoms with Gasteiger partial charge >= 0.3 is 0 Å². The van der Waals surface area contributed by atoms with E-state index in [1.165, 1.54) is 30.2 Å². The van der Waals surface area contributed by atoms with E-state index < -0.39 is 0 Å². The van der Waals surface area contributed by atoms with Crippen LogP contribution in [0.5, 0.6) is 0 Å². The van der Waals surface area contributed by atoms with Crippen molar-refractivity contribution in [2.24, 2.45) is 7.05 Å². The number of rotatable bonds is 7. The second-order valence-electron chi connectivity index (χ2n) is 6.82. The third kappa shape index (κ3) is 4.06. The van der Waals surface area contributed by atoms with Crippen LogP contribution in [0.4, 0.5) is 5.69 Å². The van der Waals surface area contributed by atoms with Crippen LogP contribution in [0.25, 0.3) is 0 Å². The highest BCUT2D eigenvalue weighted by Crippen LogP contribution is 2.39. The summed E-state index contributed by atoms with van der Waals surface area (Å²) in [6.07, 6.45) is 3.43. The van der Waals surface area contributed by atoms with Gasteiger partial charge in [0.25, 0.3) is 0 Å². The van der Waals surface area contributed by atoms with Gasteiger partial charge < -0.3 is 9.88 Å². The van der Waals surface area contributed by atoms with E-state index in [1.54, 1.807) is 0 Å². The average molecular weight is 359 g/mol. The highest BCUT2D eigenvalue weighted by atomic mass is 32.2. The molecule has 0 spiro atoms.